The van der Waals surface area contributed by atoms with E-state index in [4.69, 9.17) is 0 Å². The Labute approximate surface area is 105 Å². The lowest BCUT2D eigenvalue weighted by molar-refractivity contribution is 0.443. The van der Waals surface area contributed by atoms with E-state index in [1.165, 1.54) is 57.1 Å². The first-order chi connectivity index (χ1) is 8.43. The first kappa shape index (κ1) is 11.3. The zero-order valence-corrected chi connectivity index (χ0v) is 10.6. The van der Waals surface area contributed by atoms with Gasteiger partial charge in [-0.15, -0.1) is 0 Å². The Morgan fingerprint density at radius 2 is 1.47 bits per heavy atom. The molecule has 0 spiro atoms. The molecule has 1 heteroatoms. The van der Waals surface area contributed by atoms with Crippen molar-refractivity contribution in [1.82, 2.24) is 5.32 Å². The Morgan fingerprint density at radius 3 is 2.12 bits per heavy atom. The van der Waals surface area contributed by atoms with Crippen LogP contribution >= 0.6 is 0 Å². The molecule has 0 amide bonds. The lowest BCUT2D eigenvalue weighted by atomic mass is 9.83. The van der Waals surface area contributed by atoms with Gasteiger partial charge in [-0.05, 0) is 49.3 Å². The SMILES string of the molecule is c1cc([C@H]2CCCN2)ccc1C1CCCCC1. The van der Waals surface area contributed by atoms with Crippen molar-refractivity contribution in [2.75, 3.05) is 6.54 Å². The lowest BCUT2D eigenvalue weighted by Crippen LogP contribution is -2.13. The summed E-state index contributed by atoms with van der Waals surface area (Å²) in [5.74, 6) is 0.842. The van der Waals surface area contributed by atoms with Crippen molar-refractivity contribution in [2.24, 2.45) is 0 Å². The topological polar surface area (TPSA) is 12.0 Å². The van der Waals surface area contributed by atoms with E-state index >= 15 is 0 Å². The Bertz CT molecular complexity index is 342. The number of hydrogen-bond donors (Lipinski definition) is 1. The van der Waals surface area contributed by atoms with E-state index < -0.39 is 0 Å². The fraction of sp³-hybridized carbons (Fsp3) is 0.625. The van der Waals surface area contributed by atoms with Crippen molar-refractivity contribution in [3.63, 3.8) is 0 Å². The fourth-order valence-corrected chi connectivity index (χ4v) is 3.41. The molecule has 1 saturated carbocycles. The van der Waals surface area contributed by atoms with Crippen LogP contribution in [0.25, 0.3) is 0 Å². The molecule has 2 fully saturated rings. The van der Waals surface area contributed by atoms with Crippen molar-refractivity contribution in [3.8, 4) is 0 Å². The van der Waals surface area contributed by atoms with Crippen molar-refractivity contribution in [2.45, 2.75) is 56.9 Å². The van der Waals surface area contributed by atoms with E-state index in [9.17, 15) is 0 Å². The van der Waals surface area contributed by atoms with Crippen LogP contribution in [0.5, 0.6) is 0 Å². The lowest BCUT2D eigenvalue weighted by Gasteiger charge is -2.22. The van der Waals surface area contributed by atoms with Crippen LogP contribution in [-0.2, 0) is 0 Å². The van der Waals surface area contributed by atoms with Gasteiger partial charge in [0.1, 0.15) is 0 Å². The minimum absolute atomic E-state index is 0.621. The quantitative estimate of drug-likeness (QED) is 0.803. The summed E-state index contributed by atoms with van der Waals surface area (Å²) in [6, 6.07) is 10.1. The van der Waals surface area contributed by atoms with Gasteiger partial charge in [-0.2, -0.15) is 0 Å². The van der Waals surface area contributed by atoms with Gasteiger partial charge in [0.2, 0.25) is 0 Å². The number of nitrogens with one attached hydrogen (secondary N) is 1. The van der Waals surface area contributed by atoms with Crippen LogP contribution in [0.3, 0.4) is 0 Å². The molecule has 1 aliphatic heterocycles. The van der Waals surface area contributed by atoms with Crippen molar-refractivity contribution in [3.05, 3.63) is 35.4 Å². The van der Waals surface area contributed by atoms with Gasteiger partial charge in [0, 0.05) is 6.04 Å². The molecule has 2 aliphatic rings. The van der Waals surface area contributed by atoms with E-state index in [0.717, 1.165) is 5.92 Å². The van der Waals surface area contributed by atoms with E-state index in [1.54, 1.807) is 5.56 Å². The summed E-state index contributed by atoms with van der Waals surface area (Å²) >= 11 is 0. The smallest absolute Gasteiger partial charge is 0.0320 e. The predicted octanol–water partition coefficient (Wildman–Crippen LogP) is 4.16. The van der Waals surface area contributed by atoms with Crippen molar-refractivity contribution in [1.29, 1.82) is 0 Å². The van der Waals surface area contributed by atoms with Gasteiger partial charge >= 0.3 is 0 Å². The fourth-order valence-electron chi connectivity index (χ4n) is 3.41. The highest BCUT2D eigenvalue weighted by Gasteiger charge is 2.18. The van der Waals surface area contributed by atoms with E-state index in [0.29, 0.717) is 6.04 Å². The molecule has 1 N–H and O–H groups in total. The molecule has 3 rings (SSSR count). The van der Waals surface area contributed by atoms with Gasteiger partial charge in [-0.25, -0.2) is 0 Å². The van der Waals surface area contributed by atoms with Crippen molar-refractivity contribution >= 4 is 0 Å². The zero-order chi connectivity index (χ0) is 11.5. The standard InChI is InChI=1S/C16H23N/c1-2-5-13(6-3-1)14-8-10-15(11-9-14)16-7-4-12-17-16/h8-11,13,16-17H,1-7,12H2/t16-/m1/s1. The maximum Gasteiger partial charge on any atom is 0.0320 e. The number of hydrogen-bond acceptors (Lipinski definition) is 1. The van der Waals surface area contributed by atoms with Gasteiger partial charge in [-0.1, -0.05) is 43.5 Å². The summed E-state index contributed by atoms with van der Waals surface area (Å²) in [4.78, 5) is 0. The highest BCUT2D eigenvalue weighted by molar-refractivity contribution is 5.28. The normalized spacial score (nSPS) is 26.2. The Hall–Kier alpha value is -0.820. The van der Waals surface area contributed by atoms with Gasteiger partial charge in [-0.3, -0.25) is 0 Å². The number of rotatable bonds is 2. The summed E-state index contributed by atoms with van der Waals surface area (Å²) < 4.78 is 0. The summed E-state index contributed by atoms with van der Waals surface area (Å²) in [7, 11) is 0. The van der Waals surface area contributed by atoms with Crippen LogP contribution in [0.2, 0.25) is 0 Å². The molecule has 1 aliphatic carbocycles. The van der Waals surface area contributed by atoms with Gasteiger partial charge in [0.25, 0.3) is 0 Å². The molecule has 0 aromatic heterocycles. The molecule has 0 radical (unpaired) electrons. The summed E-state index contributed by atoms with van der Waals surface area (Å²) in [6.45, 7) is 1.19. The minimum atomic E-state index is 0.621. The molecular formula is C16H23N. The third-order valence-electron chi connectivity index (χ3n) is 4.48. The van der Waals surface area contributed by atoms with Gasteiger partial charge in [0.05, 0.1) is 0 Å². The van der Waals surface area contributed by atoms with E-state index in [1.807, 2.05) is 0 Å². The predicted molar refractivity (Wildman–Crippen MR) is 72.2 cm³/mol. The van der Waals surface area contributed by atoms with Crippen LogP contribution in [0, 0.1) is 0 Å². The Morgan fingerprint density at radius 1 is 0.765 bits per heavy atom. The first-order valence-electron chi connectivity index (χ1n) is 7.27. The summed E-state index contributed by atoms with van der Waals surface area (Å²) in [5.41, 5.74) is 3.06. The van der Waals surface area contributed by atoms with Gasteiger partial charge in [0.15, 0.2) is 0 Å². The monoisotopic (exact) mass is 229 g/mol. The molecule has 1 saturated heterocycles. The molecule has 1 atom stereocenters. The molecule has 1 aromatic rings. The molecule has 1 aromatic carbocycles. The zero-order valence-electron chi connectivity index (χ0n) is 10.6. The molecule has 0 unspecified atom stereocenters. The Kier molecular flexibility index (Phi) is 3.46. The highest BCUT2D eigenvalue weighted by Crippen LogP contribution is 2.33. The molecular weight excluding hydrogens is 206 g/mol. The first-order valence-corrected chi connectivity index (χ1v) is 7.27. The van der Waals surface area contributed by atoms with Crippen LogP contribution < -0.4 is 5.32 Å². The van der Waals surface area contributed by atoms with Crippen LogP contribution in [0.4, 0.5) is 0 Å². The third-order valence-corrected chi connectivity index (χ3v) is 4.48. The highest BCUT2D eigenvalue weighted by atomic mass is 14.9. The Balaban J connectivity index is 1.70. The largest absolute Gasteiger partial charge is 0.310 e. The average molecular weight is 229 g/mol. The molecule has 92 valence electrons. The van der Waals surface area contributed by atoms with E-state index in [-0.39, 0.29) is 0 Å². The van der Waals surface area contributed by atoms with Crippen LogP contribution in [-0.4, -0.2) is 6.54 Å². The van der Waals surface area contributed by atoms with Crippen LogP contribution in [0.1, 0.15) is 68.0 Å². The maximum absolute atomic E-state index is 3.57. The maximum atomic E-state index is 3.57. The summed E-state index contributed by atoms with van der Waals surface area (Å²) in [6.07, 6.45) is 9.74. The molecule has 1 nitrogen and oxygen atoms in total. The summed E-state index contributed by atoms with van der Waals surface area (Å²) in [5, 5.41) is 3.57. The minimum Gasteiger partial charge on any atom is -0.310 e. The average Bonchev–Trinajstić information content (AvgIpc) is 2.94. The number of benzene rings is 1. The third kappa shape index (κ3) is 2.55. The second kappa shape index (κ2) is 5.22. The molecule has 1 heterocycles. The molecule has 17 heavy (non-hydrogen) atoms. The van der Waals surface area contributed by atoms with E-state index in [2.05, 4.69) is 29.6 Å². The second-order valence-corrected chi connectivity index (χ2v) is 5.65. The van der Waals surface area contributed by atoms with Crippen LogP contribution in [0.15, 0.2) is 24.3 Å². The molecule has 0 bridgehead atoms. The van der Waals surface area contributed by atoms with Gasteiger partial charge < -0.3 is 5.32 Å². The second-order valence-electron chi connectivity index (χ2n) is 5.65. The van der Waals surface area contributed by atoms with Crippen molar-refractivity contribution < 1.29 is 0 Å².